The standard InChI is InChI=1S/C13H19BrN2O/c1-9(2)13-15-11(14)7-12(16-13)17-8-10-5-3-4-6-10/h7,9-10H,3-6,8H2,1-2H3. The van der Waals surface area contributed by atoms with Crippen LogP contribution in [0.3, 0.4) is 0 Å². The Morgan fingerprint density at radius 3 is 2.71 bits per heavy atom. The molecule has 4 heteroatoms. The van der Waals surface area contributed by atoms with Crippen molar-refractivity contribution in [3.63, 3.8) is 0 Å². The normalized spacial score (nSPS) is 16.7. The van der Waals surface area contributed by atoms with E-state index in [0.717, 1.165) is 17.0 Å². The van der Waals surface area contributed by atoms with Crippen molar-refractivity contribution in [1.82, 2.24) is 9.97 Å². The van der Waals surface area contributed by atoms with Gasteiger partial charge in [-0.3, -0.25) is 0 Å². The minimum Gasteiger partial charge on any atom is -0.477 e. The van der Waals surface area contributed by atoms with Crippen molar-refractivity contribution in [2.45, 2.75) is 45.4 Å². The van der Waals surface area contributed by atoms with Crippen LogP contribution >= 0.6 is 15.9 Å². The van der Waals surface area contributed by atoms with Crippen molar-refractivity contribution in [2.75, 3.05) is 6.61 Å². The van der Waals surface area contributed by atoms with Crippen molar-refractivity contribution >= 4 is 15.9 Å². The van der Waals surface area contributed by atoms with Gasteiger partial charge >= 0.3 is 0 Å². The third kappa shape index (κ3) is 3.66. The van der Waals surface area contributed by atoms with E-state index in [9.17, 15) is 0 Å². The number of ether oxygens (including phenoxy) is 1. The Morgan fingerprint density at radius 2 is 2.06 bits per heavy atom. The number of halogens is 1. The summed E-state index contributed by atoms with van der Waals surface area (Å²) in [6, 6.07) is 1.85. The molecule has 1 aromatic rings. The first kappa shape index (κ1) is 12.8. The molecule has 17 heavy (non-hydrogen) atoms. The lowest BCUT2D eigenvalue weighted by Crippen LogP contribution is -2.10. The van der Waals surface area contributed by atoms with Gasteiger partial charge in [0.25, 0.3) is 0 Å². The molecule has 0 aromatic carbocycles. The second-order valence-electron chi connectivity index (χ2n) is 5.00. The Kier molecular flexibility index (Phi) is 4.37. The number of rotatable bonds is 4. The lowest BCUT2D eigenvalue weighted by atomic mass is 10.1. The van der Waals surface area contributed by atoms with Crippen molar-refractivity contribution < 1.29 is 4.74 Å². The number of hydrogen-bond donors (Lipinski definition) is 0. The van der Waals surface area contributed by atoms with E-state index >= 15 is 0 Å². The lowest BCUT2D eigenvalue weighted by Gasteiger charge is -2.12. The molecule has 0 bridgehead atoms. The molecule has 2 rings (SSSR count). The summed E-state index contributed by atoms with van der Waals surface area (Å²) in [7, 11) is 0. The van der Waals surface area contributed by atoms with Crippen LogP contribution in [-0.2, 0) is 0 Å². The summed E-state index contributed by atoms with van der Waals surface area (Å²) in [4.78, 5) is 8.77. The maximum Gasteiger partial charge on any atom is 0.217 e. The summed E-state index contributed by atoms with van der Waals surface area (Å²) < 4.78 is 6.58. The average molecular weight is 299 g/mol. The summed E-state index contributed by atoms with van der Waals surface area (Å²) >= 11 is 3.40. The van der Waals surface area contributed by atoms with Crippen LogP contribution in [-0.4, -0.2) is 16.6 Å². The van der Waals surface area contributed by atoms with E-state index in [2.05, 4.69) is 39.7 Å². The second-order valence-corrected chi connectivity index (χ2v) is 5.82. The Balaban J connectivity index is 1.99. The largest absolute Gasteiger partial charge is 0.477 e. The van der Waals surface area contributed by atoms with E-state index in [1.54, 1.807) is 0 Å². The SMILES string of the molecule is CC(C)c1nc(Br)cc(OCC2CCCC2)n1. The topological polar surface area (TPSA) is 35.0 Å². The van der Waals surface area contributed by atoms with Crippen LogP contribution in [0, 0.1) is 5.92 Å². The van der Waals surface area contributed by atoms with Crippen molar-refractivity contribution in [3.05, 3.63) is 16.5 Å². The first-order valence-electron chi connectivity index (χ1n) is 6.32. The van der Waals surface area contributed by atoms with E-state index in [1.807, 2.05) is 6.07 Å². The minimum absolute atomic E-state index is 0.321. The molecule has 0 spiro atoms. The highest BCUT2D eigenvalue weighted by Gasteiger charge is 2.16. The zero-order chi connectivity index (χ0) is 12.3. The summed E-state index contributed by atoms with van der Waals surface area (Å²) in [6.07, 6.45) is 5.28. The molecule has 3 nitrogen and oxygen atoms in total. The van der Waals surface area contributed by atoms with E-state index in [4.69, 9.17) is 4.74 Å². The molecule has 0 radical (unpaired) electrons. The Labute approximate surface area is 111 Å². The first-order valence-corrected chi connectivity index (χ1v) is 7.11. The molecule has 1 aliphatic rings. The molecule has 0 amide bonds. The highest BCUT2D eigenvalue weighted by molar-refractivity contribution is 9.10. The van der Waals surface area contributed by atoms with Crippen LogP contribution in [0.4, 0.5) is 0 Å². The molecule has 1 heterocycles. The van der Waals surface area contributed by atoms with Crippen LogP contribution in [0.2, 0.25) is 0 Å². The average Bonchev–Trinajstić information content (AvgIpc) is 2.78. The first-order chi connectivity index (χ1) is 8.15. The van der Waals surface area contributed by atoms with Crippen molar-refractivity contribution in [1.29, 1.82) is 0 Å². The van der Waals surface area contributed by atoms with Gasteiger partial charge in [0.15, 0.2) is 0 Å². The van der Waals surface area contributed by atoms with E-state index < -0.39 is 0 Å². The molecular weight excluding hydrogens is 280 g/mol. The molecule has 0 unspecified atom stereocenters. The van der Waals surface area contributed by atoms with Crippen molar-refractivity contribution in [2.24, 2.45) is 5.92 Å². The van der Waals surface area contributed by atoms with Crippen LogP contribution < -0.4 is 4.74 Å². The quantitative estimate of drug-likeness (QED) is 0.790. The van der Waals surface area contributed by atoms with Crippen LogP contribution in [0.15, 0.2) is 10.7 Å². The predicted molar refractivity (Wildman–Crippen MR) is 71.3 cm³/mol. The molecule has 1 fully saturated rings. The molecular formula is C13H19BrN2O. The Morgan fingerprint density at radius 1 is 1.35 bits per heavy atom. The minimum atomic E-state index is 0.321. The second kappa shape index (κ2) is 5.80. The van der Waals surface area contributed by atoms with Gasteiger partial charge in [-0.25, -0.2) is 4.98 Å². The monoisotopic (exact) mass is 298 g/mol. The smallest absolute Gasteiger partial charge is 0.217 e. The maximum atomic E-state index is 5.78. The van der Waals surface area contributed by atoms with Gasteiger partial charge in [0.05, 0.1) is 6.61 Å². The fourth-order valence-electron chi connectivity index (χ4n) is 2.13. The molecule has 1 aliphatic carbocycles. The molecule has 1 aromatic heterocycles. The zero-order valence-corrected chi connectivity index (χ0v) is 12.0. The van der Waals surface area contributed by atoms with E-state index in [-0.39, 0.29) is 0 Å². The van der Waals surface area contributed by atoms with Gasteiger partial charge in [0.1, 0.15) is 10.4 Å². The number of nitrogens with zero attached hydrogens (tertiary/aromatic N) is 2. The molecule has 1 saturated carbocycles. The number of hydrogen-bond acceptors (Lipinski definition) is 3. The fourth-order valence-corrected chi connectivity index (χ4v) is 2.50. The molecule has 94 valence electrons. The van der Waals surface area contributed by atoms with Crippen LogP contribution in [0.25, 0.3) is 0 Å². The fraction of sp³-hybridized carbons (Fsp3) is 0.692. The Hall–Kier alpha value is -0.640. The summed E-state index contributed by atoms with van der Waals surface area (Å²) in [5, 5.41) is 0. The summed E-state index contributed by atoms with van der Waals surface area (Å²) in [6.45, 7) is 4.96. The lowest BCUT2D eigenvalue weighted by molar-refractivity contribution is 0.242. The zero-order valence-electron chi connectivity index (χ0n) is 10.4. The summed E-state index contributed by atoms with van der Waals surface area (Å²) in [5.74, 6) is 2.57. The van der Waals surface area contributed by atoms with Gasteiger partial charge in [-0.15, -0.1) is 0 Å². The highest BCUT2D eigenvalue weighted by atomic mass is 79.9. The Bertz CT molecular complexity index is 376. The highest BCUT2D eigenvalue weighted by Crippen LogP contribution is 2.26. The molecule has 0 aliphatic heterocycles. The maximum absolute atomic E-state index is 5.78. The van der Waals surface area contributed by atoms with Crippen molar-refractivity contribution in [3.8, 4) is 5.88 Å². The van der Waals surface area contributed by atoms with Gasteiger partial charge in [-0.1, -0.05) is 26.7 Å². The molecule has 0 saturated heterocycles. The van der Waals surface area contributed by atoms with E-state index in [0.29, 0.717) is 17.7 Å². The van der Waals surface area contributed by atoms with Gasteiger partial charge < -0.3 is 4.74 Å². The molecule has 0 atom stereocenters. The third-order valence-electron chi connectivity index (χ3n) is 3.15. The van der Waals surface area contributed by atoms with Crippen LogP contribution in [0.1, 0.15) is 51.3 Å². The van der Waals surface area contributed by atoms with E-state index in [1.165, 1.54) is 25.7 Å². The molecule has 0 N–H and O–H groups in total. The van der Waals surface area contributed by atoms with Gasteiger partial charge in [-0.2, -0.15) is 4.98 Å². The summed E-state index contributed by atoms with van der Waals surface area (Å²) in [5.41, 5.74) is 0. The predicted octanol–water partition coefficient (Wildman–Crippen LogP) is 3.93. The van der Waals surface area contributed by atoms with Gasteiger partial charge in [0, 0.05) is 12.0 Å². The third-order valence-corrected chi connectivity index (χ3v) is 3.55. The van der Waals surface area contributed by atoms with Gasteiger partial charge in [0.2, 0.25) is 5.88 Å². The van der Waals surface area contributed by atoms with Gasteiger partial charge in [-0.05, 0) is 34.7 Å². The van der Waals surface area contributed by atoms with Crippen LogP contribution in [0.5, 0.6) is 5.88 Å². The number of aromatic nitrogens is 2.